The summed E-state index contributed by atoms with van der Waals surface area (Å²) in [5, 5.41) is 0. The van der Waals surface area contributed by atoms with E-state index < -0.39 is 11.7 Å². The molecule has 8 heteroatoms. The van der Waals surface area contributed by atoms with E-state index in [9.17, 15) is 14.0 Å². The largest absolute Gasteiger partial charge is 0.483 e. The van der Waals surface area contributed by atoms with E-state index in [0.29, 0.717) is 15.1 Å². The summed E-state index contributed by atoms with van der Waals surface area (Å²) in [5.41, 5.74) is 5.94. The van der Waals surface area contributed by atoms with Crippen molar-refractivity contribution >= 4 is 39.1 Å². The van der Waals surface area contributed by atoms with E-state index in [4.69, 9.17) is 4.74 Å². The average Bonchev–Trinajstić information content (AvgIpc) is 3.03. The van der Waals surface area contributed by atoms with Gasteiger partial charge in [-0.25, -0.2) is 4.39 Å². The highest BCUT2D eigenvalue weighted by atomic mass is 79.9. The quantitative estimate of drug-likeness (QED) is 0.736. The van der Waals surface area contributed by atoms with Gasteiger partial charge in [-0.15, -0.1) is 11.3 Å². The summed E-state index contributed by atoms with van der Waals surface area (Å²) in [4.78, 5) is 25.8. The summed E-state index contributed by atoms with van der Waals surface area (Å²) >= 11 is 4.63. The number of amides is 2. The molecule has 0 radical (unpaired) electrons. The Bertz CT molecular complexity index is 786. The van der Waals surface area contributed by atoms with Crippen molar-refractivity contribution in [3.05, 3.63) is 49.9 Å². The van der Waals surface area contributed by atoms with Gasteiger partial charge < -0.3 is 4.74 Å². The van der Waals surface area contributed by atoms with E-state index in [1.165, 1.54) is 40.0 Å². The summed E-state index contributed by atoms with van der Waals surface area (Å²) in [6.45, 7) is -0.300. The van der Waals surface area contributed by atoms with Crippen LogP contribution in [0.15, 0.2) is 28.7 Å². The molecule has 0 fully saturated rings. The molecule has 5 nitrogen and oxygen atoms in total. The van der Waals surface area contributed by atoms with Crippen LogP contribution in [0.4, 0.5) is 4.39 Å². The highest BCUT2D eigenvalue weighted by molar-refractivity contribution is 9.10. The molecule has 2 N–H and O–H groups in total. The number of carbonyl (C=O) groups is 2. The number of rotatable bonds is 4. The van der Waals surface area contributed by atoms with Crippen molar-refractivity contribution in [1.82, 2.24) is 10.9 Å². The normalized spacial score (nSPS) is 13.0. The fraction of sp³-hybridized carbons (Fsp3) is 0.294. The van der Waals surface area contributed by atoms with Crippen molar-refractivity contribution in [1.29, 1.82) is 0 Å². The van der Waals surface area contributed by atoms with Crippen molar-refractivity contribution in [2.75, 3.05) is 6.61 Å². The number of aryl methyl sites for hydroxylation is 2. The number of nitrogens with one attached hydrogen (secondary N) is 2. The van der Waals surface area contributed by atoms with Gasteiger partial charge in [0.25, 0.3) is 11.8 Å². The second kappa shape index (κ2) is 7.97. The van der Waals surface area contributed by atoms with E-state index in [0.717, 1.165) is 25.7 Å². The molecule has 1 aliphatic rings. The Morgan fingerprint density at radius 1 is 1.20 bits per heavy atom. The molecule has 0 bridgehead atoms. The first kappa shape index (κ1) is 17.9. The van der Waals surface area contributed by atoms with Crippen molar-refractivity contribution in [3.8, 4) is 5.75 Å². The molecule has 0 spiro atoms. The third-order valence-corrected chi connectivity index (χ3v) is 5.64. The van der Waals surface area contributed by atoms with Crippen molar-refractivity contribution in [2.45, 2.75) is 25.7 Å². The summed E-state index contributed by atoms with van der Waals surface area (Å²) in [6.07, 6.45) is 4.32. The Balaban J connectivity index is 1.48. The number of fused-ring (bicyclic) bond motifs is 1. The first-order valence-electron chi connectivity index (χ1n) is 7.81. The SMILES string of the molecule is O=C(COc1ccc(F)cc1Br)NNC(=O)c1cc2c(s1)CCCC2. The van der Waals surface area contributed by atoms with Crippen molar-refractivity contribution in [2.24, 2.45) is 0 Å². The van der Waals surface area contributed by atoms with E-state index in [2.05, 4.69) is 26.8 Å². The average molecular weight is 427 g/mol. The van der Waals surface area contributed by atoms with Gasteiger partial charge in [-0.3, -0.25) is 20.4 Å². The molecule has 0 saturated heterocycles. The fourth-order valence-corrected chi connectivity index (χ4v) is 4.18. The van der Waals surface area contributed by atoms with Crippen molar-refractivity contribution in [3.63, 3.8) is 0 Å². The molecule has 2 aromatic rings. The van der Waals surface area contributed by atoms with Gasteiger partial charge in [0.05, 0.1) is 9.35 Å². The van der Waals surface area contributed by atoms with Crippen LogP contribution in [0.5, 0.6) is 5.75 Å². The van der Waals surface area contributed by atoms with E-state index in [1.54, 1.807) is 0 Å². The third kappa shape index (κ3) is 4.58. The lowest BCUT2D eigenvalue weighted by molar-refractivity contribution is -0.123. The topological polar surface area (TPSA) is 67.4 Å². The van der Waals surface area contributed by atoms with Crippen molar-refractivity contribution < 1.29 is 18.7 Å². The van der Waals surface area contributed by atoms with Gasteiger partial charge >= 0.3 is 0 Å². The zero-order valence-corrected chi connectivity index (χ0v) is 15.6. The predicted molar refractivity (Wildman–Crippen MR) is 96.2 cm³/mol. The van der Waals surface area contributed by atoms with Crippen LogP contribution in [0, 0.1) is 5.82 Å². The van der Waals surface area contributed by atoms with Crippen LogP contribution in [0.2, 0.25) is 0 Å². The molecule has 0 atom stereocenters. The van der Waals surface area contributed by atoms with Gasteiger partial charge in [0.1, 0.15) is 11.6 Å². The molecule has 1 aromatic heterocycles. The molecule has 0 saturated carbocycles. The van der Waals surface area contributed by atoms with Gasteiger partial charge in [-0.2, -0.15) is 0 Å². The maximum atomic E-state index is 13.0. The van der Waals surface area contributed by atoms with Crippen LogP contribution in [-0.2, 0) is 17.6 Å². The Morgan fingerprint density at radius 2 is 2.00 bits per heavy atom. The predicted octanol–water partition coefficient (Wildman–Crippen LogP) is 3.37. The van der Waals surface area contributed by atoms with Crippen LogP contribution in [0.3, 0.4) is 0 Å². The van der Waals surface area contributed by atoms with E-state index >= 15 is 0 Å². The number of hydrogen-bond donors (Lipinski definition) is 2. The Labute approximate surface area is 156 Å². The Hall–Kier alpha value is -1.93. The molecule has 3 rings (SSSR count). The lowest BCUT2D eigenvalue weighted by Gasteiger charge is -2.09. The maximum Gasteiger partial charge on any atom is 0.279 e. The molecule has 1 aliphatic carbocycles. The fourth-order valence-electron chi connectivity index (χ4n) is 2.56. The van der Waals surface area contributed by atoms with E-state index in [1.807, 2.05) is 6.07 Å². The first-order chi connectivity index (χ1) is 12.0. The molecule has 0 aliphatic heterocycles. The molecular formula is C17H16BrFN2O3S. The number of benzene rings is 1. The maximum absolute atomic E-state index is 13.0. The summed E-state index contributed by atoms with van der Waals surface area (Å²) in [6, 6.07) is 5.79. The summed E-state index contributed by atoms with van der Waals surface area (Å²) < 4.78 is 18.7. The Kier molecular flexibility index (Phi) is 5.70. The number of ether oxygens (including phenoxy) is 1. The van der Waals surface area contributed by atoms with Gasteiger partial charge in [-0.05, 0) is 71.4 Å². The van der Waals surface area contributed by atoms with Gasteiger partial charge in [0.2, 0.25) is 0 Å². The molecule has 25 heavy (non-hydrogen) atoms. The molecule has 1 aromatic carbocycles. The molecular weight excluding hydrogens is 411 g/mol. The number of halogens is 2. The second-order valence-electron chi connectivity index (χ2n) is 5.63. The number of hydrogen-bond acceptors (Lipinski definition) is 4. The van der Waals surface area contributed by atoms with Gasteiger partial charge in [0, 0.05) is 4.88 Å². The summed E-state index contributed by atoms with van der Waals surface area (Å²) in [5.74, 6) is -0.912. The third-order valence-electron chi connectivity index (χ3n) is 3.79. The molecule has 2 amide bonds. The second-order valence-corrected chi connectivity index (χ2v) is 7.62. The Morgan fingerprint density at radius 3 is 2.76 bits per heavy atom. The highest BCUT2D eigenvalue weighted by Gasteiger charge is 2.17. The first-order valence-corrected chi connectivity index (χ1v) is 9.42. The minimum absolute atomic E-state index is 0.300. The lowest BCUT2D eigenvalue weighted by Crippen LogP contribution is -2.43. The zero-order chi connectivity index (χ0) is 17.8. The standard InChI is InChI=1S/C17H16BrFN2O3S/c18-12-8-11(19)5-6-13(12)24-9-16(22)20-21-17(23)15-7-10-3-1-2-4-14(10)25-15/h5-8H,1-4,9H2,(H,20,22)(H,21,23). The van der Waals surface area contributed by atoms with Crippen LogP contribution < -0.4 is 15.6 Å². The smallest absolute Gasteiger partial charge is 0.279 e. The number of hydrazine groups is 1. The molecule has 132 valence electrons. The lowest BCUT2D eigenvalue weighted by atomic mass is 9.99. The van der Waals surface area contributed by atoms with Crippen LogP contribution in [0.25, 0.3) is 0 Å². The molecule has 1 heterocycles. The molecule has 0 unspecified atom stereocenters. The number of carbonyl (C=O) groups excluding carboxylic acids is 2. The minimum atomic E-state index is -0.508. The van der Waals surface area contributed by atoms with Crippen LogP contribution >= 0.6 is 27.3 Å². The van der Waals surface area contributed by atoms with Gasteiger partial charge in [-0.1, -0.05) is 0 Å². The van der Waals surface area contributed by atoms with Crippen LogP contribution in [-0.4, -0.2) is 18.4 Å². The monoisotopic (exact) mass is 426 g/mol. The van der Waals surface area contributed by atoms with E-state index in [-0.39, 0.29) is 12.5 Å². The number of thiophene rings is 1. The highest BCUT2D eigenvalue weighted by Crippen LogP contribution is 2.29. The van der Waals surface area contributed by atoms with Crippen LogP contribution in [0.1, 0.15) is 33.0 Å². The summed E-state index contributed by atoms with van der Waals surface area (Å²) in [7, 11) is 0. The zero-order valence-electron chi connectivity index (χ0n) is 13.2. The van der Waals surface area contributed by atoms with Gasteiger partial charge in [0.15, 0.2) is 6.61 Å². The minimum Gasteiger partial charge on any atom is -0.483 e.